The molecule has 0 spiro atoms. The number of nitrogens with zero attached hydrogens (tertiary/aromatic N) is 1. The van der Waals surface area contributed by atoms with Crippen molar-refractivity contribution in [2.45, 2.75) is 62.4 Å². The van der Waals surface area contributed by atoms with Gasteiger partial charge in [0.25, 0.3) is 10.0 Å². The number of hydrogen-bond acceptors (Lipinski definition) is 7. The van der Waals surface area contributed by atoms with Crippen LogP contribution in [0.5, 0.6) is 0 Å². The number of anilines is 2. The molecule has 0 heterocycles. The summed E-state index contributed by atoms with van der Waals surface area (Å²) < 4.78 is 59.4. The number of hydrogen-bond donors (Lipinski definition) is 4. The highest BCUT2D eigenvalue weighted by Gasteiger charge is 2.42. The maximum Gasteiger partial charge on any atom is 0.262 e. The number of nitrogens with two attached hydrogens (primary N) is 1. The molecule has 3 aromatic carbocycles. The van der Waals surface area contributed by atoms with Crippen molar-refractivity contribution >= 4 is 53.8 Å². The Morgan fingerprint density at radius 1 is 0.875 bits per heavy atom. The van der Waals surface area contributed by atoms with Crippen molar-refractivity contribution in [2.75, 3.05) is 23.7 Å². The van der Waals surface area contributed by atoms with Gasteiger partial charge in [0, 0.05) is 0 Å². The molecule has 40 heavy (non-hydrogen) atoms. The Hall–Kier alpha value is -2.41. The van der Waals surface area contributed by atoms with Crippen molar-refractivity contribution in [3.8, 4) is 0 Å². The van der Waals surface area contributed by atoms with E-state index in [1.54, 1.807) is 18.2 Å². The molecule has 0 aromatic heterocycles. The van der Waals surface area contributed by atoms with E-state index in [-0.39, 0.29) is 27.4 Å². The van der Waals surface area contributed by atoms with E-state index in [1.807, 2.05) is 39.8 Å². The molecule has 0 unspecified atom stereocenters. The zero-order chi connectivity index (χ0) is 29.8. The molecule has 0 amide bonds. The van der Waals surface area contributed by atoms with Crippen molar-refractivity contribution < 1.29 is 27.0 Å². The molecular formula is C28H38ClN3O6S2. The van der Waals surface area contributed by atoms with Gasteiger partial charge in [0.2, 0.25) is 10.0 Å². The van der Waals surface area contributed by atoms with Gasteiger partial charge in [-0.2, -0.15) is 4.31 Å². The van der Waals surface area contributed by atoms with Crippen LogP contribution in [-0.4, -0.2) is 56.7 Å². The molecule has 0 bridgehead atoms. The van der Waals surface area contributed by atoms with Crippen LogP contribution >= 0.6 is 11.6 Å². The Kier molecular flexibility index (Phi) is 10.5. The van der Waals surface area contributed by atoms with Gasteiger partial charge in [0.1, 0.15) is 4.90 Å². The van der Waals surface area contributed by atoms with Crippen LogP contribution in [0.4, 0.5) is 11.4 Å². The third-order valence-electron chi connectivity index (χ3n) is 7.61. The second-order valence-electron chi connectivity index (χ2n) is 10.1. The van der Waals surface area contributed by atoms with E-state index in [1.165, 1.54) is 24.3 Å². The summed E-state index contributed by atoms with van der Waals surface area (Å²) in [7, 11) is -8.86. The van der Waals surface area contributed by atoms with Crippen LogP contribution < -0.4 is 10.5 Å². The molecule has 4 atom stereocenters. The molecule has 3 aromatic rings. The number of benzene rings is 3. The Balaban J connectivity index is 2.23. The first-order chi connectivity index (χ1) is 18.8. The van der Waals surface area contributed by atoms with Crippen LogP contribution in [0.2, 0.25) is 5.02 Å². The minimum Gasteiger partial charge on any atom is -0.396 e. The largest absolute Gasteiger partial charge is 0.396 e. The fourth-order valence-electron chi connectivity index (χ4n) is 4.70. The molecule has 5 N–H and O–H groups in total. The zero-order valence-electron chi connectivity index (χ0n) is 23.1. The SMILES string of the molecule is CC[C@H](C)[C@@H](CO)N([C@H](CO)[C@@H](C)CC)S(=O)(=O)c1ccc(Cl)c(N)c1NS(=O)(=O)c1ccc2ccccc2c1. The summed E-state index contributed by atoms with van der Waals surface area (Å²) in [6.45, 7) is 6.38. The quantitative estimate of drug-likeness (QED) is 0.205. The van der Waals surface area contributed by atoms with Gasteiger partial charge < -0.3 is 15.9 Å². The minimum atomic E-state index is -4.55. The second kappa shape index (κ2) is 13.1. The summed E-state index contributed by atoms with van der Waals surface area (Å²) in [4.78, 5) is -0.520. The summed E-state index contributed by atoms with van der Waals surface area (Å²) in [5.41, 5.74) is 5.54. The van der Waals surface area contributed by atoms with E-state index < -0.39 is 55.9 Å². The second-order valence-corrected chi connectivity index (χ2v) is 14.0. The number of fused-ring (bicyclic) bond motifs is 1. The average molecular weight is 612 g/mol. The predicted molar refractivity (Wildman–Crippen MR) is 160 cm³/mol. The van der Waals surface area contributed by atoms with Crippen molar-refractivity contribution in [2.24, 2.45) is 11.8 Å². The summed E-state index contributed by atoms with van der Waals surface area (Å²) in [5, 5.41) is 22.2. The maximum atomic E-state index is 14.4. The topological polar surface area (TPSA) is 150 Å². The molecule has 0 aliphatic carbocycles. The standard InChI is InChI=1S/C28H38ClN3O6S2/c1-5-18(3)24(16-33)32(25(17-34)19(4)6-2)40(37,38)26-14-13-23(29)27(30)28(26)31-39(35,36)22-12-11-20-9-7-8-10-21(20)15-22/h7-15,18-19,24-25,31,33-34H,5-6,16-17,30H2,1-4H3/t18-,19-,24+,25+/m0/s1. The summed E-state index contributed by atoms with van der Waals surface area (Å²) in [6.07, 6.45) is 1.11. The van der Waals surface area contributed by atoms with Crippen LogP contribution in [0.15, 0.2) is 64.4 Å². The fourth-order valence-corrected chi connectivity index (χ4v) is 8.21. The van der Waals surface area contributed by atoms with E-state index in [0.717, 1.165) is 9.69 Å². The lowest BCUT2D eigenvalue weighted by atomic mass is 9.94. The molecule has 3 rings (SSSR count). The van der Waals surface area contributed by atoms with E-state index >= 15 is 0 Å². The Labute approximate surface area is 242 Å². The van der Waals surface area contributed by atoms with E-state index in [4.69, 9.17) is 17.3 Å². The number of sulfonamides is 2. The molecule has 220 valence electrons. The monoisotopic (exact) mass is 611 g/mol. The van der Waals surface area contributed by atoms with Gasteiger partial charge in [-0.25, -0.2) is 16.8 Å². The van der Waals surface area contributed by atoms with Crippen LogP contribution in [-0.2, 0) is 20.0 Å². The molecule has 0 fully saturated rings. The highest BCUT2D eigenvalue weighted by atomic mass is 35.5. The van der Waals surface area contributed by atoms with Gasteiger partial charge in [0.05, 0.1) is 46.6 Å². The maximum absolute atomic E-state index is 14.4. The molecule has 0 radical (unpaired) electrons. The van der Waals surface area contributed by atoms with E-state index in [0.29, 0.717) is 18.2 Å². The molecule has 0 aliphatic heterocycles. The Morgan fingerprint density at radius 3 is 1.95 bits per heavy atom. The summed E-state index contributed by atoms with van der Waals surface area (Å²) in [5.74, 6) is -0.555. The first kappa shape index (κ1) is 32.1. The van der Waals surface area contributed by atoms with Crippen LogP contribution in [0.3, 0.4) is 0 Å². The van der Waals surface area contributed by atoms with Crippen LogP contribution in [0.1, 0.15) is 40.5 Å². The van der Waals surface area contributed by atoms with Gasteiger partial charge in [-0.3, -0.25) is 4.72 Å². The van der Waals surface area contributed by atoms with Gasteiger partial charge >= 0.3 is 0 Å². The van der Waals surface area contributed by atoms with Gasteiger partial charge in [-0.15, -0.1) is 0 Å². The van der Waals surface area contributed by atoms with Gasteiger partial charge in [-0.05, 0) is 46.9 Å². The lowest BCUT2D eigenvalue weighted by Gasteiger charge is -2.40. The van der Waals surface area contributed by atoms with Crippen molar-refractivity contribution in [3.63, 3.8) is 0 Å². The number of nitrogen functional groups attached to an aromatic ring is 1. The summed E-state index contributed by atoms with van der Waals surface area (Å²) in [6, 6.07) is 12.5. The lowest BCUT2D eigenvalue weighted by Crippen LogP contribution is -2.55. The highest BCUT2D eigenvalue weighted by Crippen LogP contribution is 2.39. The Bertz CT molecular complexity index is 1530. The third kappa shape index (κ3) is 6.40. The van der Waals surface area contributed by atoms with Gasteiger partial charge in [-0.1, -0.05) is 82.5 Å². The third-order valence-corrected chi connectivity index (χ3v) is 11.3. The number of halogens is 1. The number of rotatable bonds is 13. The fraction of sp³-hybridized carbons (Fsp3) is 0.429. The van der Waals surface area contributed by atoms with E-state index in [2.05, 4.69) is 4.72 Å². The molecule has 0 aliphatic rings. The molecular weight excluding hydrogens is 574 g/mol. The van der Waals surface area contributed by atoms with Gasteiger partial charge in [0.15, 0.2) is 0 Å². The number of aliphatic hydroxyl groups is 2. The highest BCUT2D eigenvalue weighted by molar-refractivity contribution is 7.93. The first-order valence-electron chi connectivity index (χ1n) is 13.2. The first-order valence-corrected chi connectivity index (χ1v) is 16.5. The number of nitrogens with one attached hydrogen (secondary N) is 1. The zero-order valence-corrected chi connectivity index (χ0v) is 25.5. The molecule has 9 nitrogen and oxygen atoms in total. The summed E-state index contributed by atoms with van der Waals surface area (Å²) >= 11 is 6.25. The molecule has 12 heteroatoms. The number of aliphatic hydroxyl groups excluding tert-OH is 2. The molecule has 0 saturated carbocycles. The van der Waals surface area contributed by atoms with Crippen molar-refractivity contribution in [1.82, 2.24) is 4.31 Å². The Morgan fingerprint density at radius 2 is 1.43 bits per heavy atom. The van der Waals surface area contributed by atoms with Crippen LogP contribution in [0, 0.1) is 11.8 Å². The normalized spacial score (nSPS) is 15.6. The molecule has 0 saturated heterocycles. The van der Waals surface area contributed by atoms with Crippen LogP contribution in [0.25, 0.3) is 10.8 Å². The average Bonchev–Trinajstić information content (AvgIpc) is 2.94. The lowest BCUT2D eigenvalue weighted by molar-refractivity contribution is 0.0650. The van der Waals surface area contributed by atoms with Crippen molar-refractivity contribution in [1.29, 1.82) is 0 Å². The smallest absolute Gasteiger partial charge is 0.262 e. The predicted octanol–water partition coefficient (Wildman–Crippen LogP) is 4.68. The van der Waals surface area contributed by atoms with Crippen molar-refractivity contribution in [3.05, 3.63) is 59.6 Å². The van der Waals surface area contributed by atoms with E-state index in [9.17, 15) is 27.0 Å². The minimum absolute atomic E-state index is 0.0389.